The maximum absolute atomic E-state index is 13.9. The Balaban J connectivity index is 1.52. The molecule has 1 atom stereocenters. The number of hydrogen-bond donors (Lipinski definition) is 4. The third-order valence-electron chi connectivity index (χ3n) is 7.13. The number of aromatic carboxylic acids is 1. The van der Waals surface area contributed by atoms with E-state index in [-0.39, 0.29) is 22.8 Å². The van der Waals surface area contributed by atoms with Crippen LogP contribution >= 0.6 is 11.6 Å². The van der Waals surface area contributed by atoms with Crippen molar-refractivity contribution < 1.29 is 24.2 Å². The van der Waals surface area contributed by atoms with Crippen molar-refractivity contribution in [2.75, 3.05) is 24.9 Å². The Morgan fingerprint density at radius 3 is 2.57 bits per heavy atom. The highest BCUT2D eigenvalue weighted by molar-refractivity contribution is 6.30. The van der Waals surface area contributed by atoms with Gasteiger partial charge in [0.15, 0.2) is 0 Å². The minimum absolute atomic E-state index is 0.0463. The summed E-state index contributed by atoms with van der Waals surface area (Å²) >= 11 is 6.22. The first-order valence-electron chi connectivity index (χ1n) is 12.9. The smallest absolute Gasteiger partial charge is 0.339 e. The molecule has 12 heteroatoms. The number of benzene rings is 2. The number of ether oxygens (including phenoxy) is 2. The fourth-order valence-electron chi connectivity index (χ4n) is 5.01. The predicted octanol–water partition coefficient (Wildman–Crippen LogP) is 4.74. The van der Waals surface area contributed by atoms with Crippen LogP contribution < -0.4 is 31.0 Å². The minimum atomic E-state index is -1.24. The van der Waals surface area contributed by atoms with Crippen LogP contribution in [0.3, 0.4) is 0 Å². The number of fused-ring (bicyclic) bond motifs is 1. The maximum atomic E-state index is 13.9. The number of halogens is 1. The largest absolute Gasteiger partial charge is 0.497 e. The van der Waals surface area contributed by atoms with E-state index in [1.165, 1.54) is 22.8 Å². The molecule has 0 saturated carbocycles. The van der Waals surface area contributed by atoms with Crippen molar-refractivity contribution in [3.05, 3.63) is 104 Å². The zero-order chi connectivity index (χ0) is 30.2. The molecule has 0 spiro atoms. The molecule has 4 aromatic rings. The average Bonchev–Trinajstić information content (AvgIpc) is 3.26. The lowest BCUT2D eigenvalue weighted by molar-refractivity contribution is 0.0697. The molecule has 42 heavy (non-hydrogen) atoms. The number of carboxylic acids is 1. The number of pyridine rings is 2. The number of carboxylic acid groups (broad SMARTS) is 1. The van der Waals surface area contributed by atoms with Crippen LogP contribution in [0.4, 0.5) is 17.3 Å². The van der Waals surface area contributed by atoms with Crippen LogP contribution in [0, 0.1) is 6.92 Å². The van der Waals surface area contributed by atoms with Gasteiger partial charge in [-0.25, -0.2) is 9.78 Å². The zero-order valence-corrected chi connectivity index (χ0v) is 24.0. The van der Waals surface area contributed by atoms with Gasteiger partial charge in [-0.05, 0) is 67.4 Å². The van der Waals surface area contributed by atoms with Gasteiger partial charge in [0, 0.05) is 23.2 Å². The summed E-state index contributed by atoms with van der Waals surface area (Å²) in [6.45, 7) is 3.72. The van der Waals surface area contributed by atoms with Crippen LogP contribution in [0.25, 0.3) is 0 Å². The number of amides is 1. The number of aromatic nitrogens is 2. The third-order valence-corrected chi connectivity index (χ3v) is 7.37. The molecule has 3 heterocycles. The van der Waals surface area contributed by atoms with E-state index in [0.29, 0.717) is 40.0 Å². The van der Waals surface area contributed by atoms with E-state index in [1.807, 2.05) is 6.07 Å². The summed E-state index contributed by atoms with van der Waals surface area (Å²) in [5.74, 6) is -0.0812. The van der Waals surface area contributed by atoms with E-state index in [1.54, 1.807) is 64.5 Å². The first-order valence-corrected chi connectivity index (χ1v) is 13.3. The fourth-order valence-corrected chi connectivity index (χ4v) is 5.20. The molecule has 11 nitrogen and oxygen atoms in total. The maximum Gasteiger partial charge on any atom is 0.339 e. The van der Waals surface area contributed by atoms with Crippen molar-refractivity contribution in [3.8, 4) is 11.5 Å². The number of anilines is 3. The van der Waals surface area contributed by atoms with Crippen molar-refractivity contribution in [1.29, 1.82) is 0 Å². The molecule has 1 unspecified atom stereocenters. The summed E-state index contributed by atoms with van der Waals surface area (Å²) in [6.07, 6.45) is 0. The van der Waals surface area contributed by atoms with Gasteiger partial charge < -0.3 is 30.5 Å². The van der Waals surface area contributed by atoms with Crippen LogP contribution in [0.5, 0.6) is 11.5 Å². The topological polar surface area (TPSA) is 144 Å². The van der Waals surface area contributed by atoms with Crippen LogP contribution in [0.1, 0.15) is 44.5 Å². The Hall–Kier alpha value is -5.03. The molecule has 0 bridgehead atoms. The standard InChI is InChI=1S/C30H28ClN5O6/c1-16-12-22(28(38)36-25(16)27(37)35-30(36,2)18-6-5-7-19(31)13-18)33-26-21(29(39)40)10-11-24(34-26)32-15-17-8-9-20(41-3)14-23(17)42-4/h5-14H,15H2,1-4H3,(H,35,37)(H,39,40)(H2,32,33,34). The van der Waals surface area contributed by atoms with Gasteiger partial charge in [-0.1, -0.05) is 23.7 Å². The molecular formula is C30H28ClN5O6. The van der Waals surface area contributed by atoms with Gasteiger partial charge >= 0.3 is 5.97 Å². The van der Waals surface area contributed by atoms with Crippen molar-refractivity contribution >= 4 is 40.8 Å². The van der Waals surface area contributed by atoms with E-state index in [0.717, 1.165) is 5.56 Å². The zero-order valence-electron chi connectivity index (χ0n) is 23.2. The second-order valence-electron chi connectivity index (χ2n) is 9.82. The monoisotopic (exact) mass is 589 g/mol. The number of carbonyl (C=O) groups is 2. The van der Waals surface area contributed by atoms with Gasteiger partial charge in [0.2, 0.25) is 0 Å². The van der Waals surface area contributed by atoms with Gasteiger partial charge in [0.1, 0.15) is 45.7 Å². The Bertz CT molecular complexity index is 1790. The van der Waals surface area contributed by atoms with E-state index in [9.17, 15) is 19.5 Å². The SMILES string of the molecule is COc1ccc(CNc2ccc(C(=O)O)c(Nc3cc(C)c4n(c3=O)C(C)(c3cccc(Cl)c3)NC4=O)n2)c(OC)c1. The van der Waals surface area contributed by atoms with Gasteiger partial charge in [0.05, 0.1) is 14.2 Å². The van der Waals surface area contributed by atoms with E-state index in [4.69, 9.17) is 21.1 Å². The predicted molar refractivity (Wildman–Crippen MR) is 158 cm³/mol. The van der Waals surface area contributed by atoms with Gasteiger partial charge in [0.25, 0.3) is 11.5 Å². The quantitative estimate of drug-likeness (QED) is 0.217. The molecule has 216 valence electrons. The number of nitrogens with zero attached hydrogens (tertiary/aromatic N) is 2. The van der Waals surface area contributed by atoms with E-state index >= 15 is 0 Å². The van der Waals surface area contributed by atoms with E-state index < -0.39 is 23.1 Å². The molecule has 1 aliphatic heterocycles. The number of carbonyl (C=O) groups excluding carboxylic acids is 1. The molecule has 1 amide bonds. The van der Waals surface area contributed by atoms with Crippen molar-refractivity contribution in [1.82, 2.24) is 14.9 Å². The Kier molecular flexibility index (Phi) is 7.53. The molecule has 5 rings (SSSR count). The summed E-state index contributed by atoms with van der Waals surface area (Å²) in [5, 5.41) is 19.3. The second-order valence-corrected chi connectivity index (χ2v) is 10.3. The van der Waals surface area contributed by atoms with Crippen LogP contribution in [-0.4, -0.2) is 40.8 Å². The molecule has 2 aromatic carbocycles. The number of aryl methyl sites for hydroxylation is 1. The van der Waals surface area contributed by atoms with Gasteiger partial charge in [-0.3, -0.25) is 14.2 Å². The summed E-state index contributed by atoms with van der Waals surface area (Å²) < 4.78 is 12.1. The van der Waals surface area contributed by atoms with Crippen LogP contribution in [0.15, 0.2) is 65.5 Å². The number of methoxy groups -OCH3 is 2. The Labute approximate surface area is 246 Å². The Morgan fingerprint density at radius 2 is 1.88 bits per heavy atom. The number of nitrogens with one attached hydrogen (secondary N) is 3. The van der Waals surface area contributed by atoms with Crippen molar-refractivity contribution in [2.24, 2.45) is 0 Å². The minimum Gasteiger partial charge on any atom is -0.497 e. The van der Waals surface area contributed by atoms with Gasteiger partial charge in [-0.15, -0.1) is 0 Å². The summed E-state index contributed by atoms with van der Waals surface area (Å²) in [5.41, 5.74) is 0.257. The number of rotatable bonds is 9. The van der Waals surface area contributed by atoms with Gasteiger partial charge in [-0.2, -0.15) is 0 Å². The lowest BCUT2D eigenvalue weighted by Gasteiger charge is -2.28. The highest BCUT2D eigenvalue weighted by Gasteiger charge is 2.42. The third kappa shape index (κ3) is 5.10. The molecule has 0 saturated heterocycles. The van der Waals surface area contributed by atoms with Crippen LogP contribution in [-0.2, 0) is 12.2 Å². The average molecular weight is 590 g/mol. The van der Waals surface area contributed by atoms with Crippen molar-refractivity contribution in [3.63, 3.8) is 0 Å². The Morgan fingerprint density at radius 1 is 1.10 bits per heavy atom. The van der Waals surface area contributed by atoms with Crippen molar-refractivity contribution in [2.45, 2.75) is 26.1 Å². The molecule has 0 radical (unpaired) electrons. The molecule has 2 aromatic heterocycles. The first-order chi connectivity index (χ1) is 20.0. The summed E-state index contributed by atoms with van der Waals surface area (Å²) in [6, 6.07) is 16.7. The molecular weight excluding hydrogens is 562 g/mol. The number of hydrogen-bond acceptors (Lipinski definition) is 8. The lowest BCUT2D eigenvalue weighted by Crippen LogP contribution is -2.46. The van der Waals surface area contributed by atoms with E-state index in [2.05, 4.69) is 20.9 Å². The second kappa shape index (κ2) is 11.1. The molecule has 0 aliphatic carbocycles. The lowest BCUT2D eigenvalue weighted by atomic mass is 10.0. The molecule has 4 N–H and O–H groups in total. The van der Waals surface area contributed by atoms with Crippen LogP contribution in [0.2, 0.25) is 5.02 Å². The normalized spacial score (nSPS) is 15.5. The molecule has 0 fully saturated rings. The summed E-state index contributed by atoms with van der Waals surface area (Å²) in [4.78, 5) is 43.4. The molecule has 1 aliphatic rings. The first kappa shape index (κ1) is 28.5. The summed E-state index contributed by atoms with van der Waals surface area (Å²) in [7, 11) is 3.12. The highest BCUT2D eigenvalue weighted by atomic mass is 35.5. The highest BCUT2D eigenvalue weighted by Crippen LogP contribution is 2.33. The fraction of sp³-hybridized carbons (Fsp3) is 0.200.